The van der Waals surface area contributed by atoms with E-state index in [1.165, 1.54) is 38.7 Å². The highest BCUT2D eigenvalue weighted by Crippen LogP contribution is 2.48. The largest absolute Gasteiger partial charge is 0.493 e. The van der Waals surface area contributed by atoms with Crippen molar-refractivity contribution in [2.24, 2.45) is 0 Å². The maximum absolute atomic E-state index is 12.4. The van der Waals surface area contributed by atoms with E-state index in [-0.39, 0.29) is 35.1 Å². The van der Waals surface area contributed by atoms with E-state index >= 15 is 0 Å². The average Bonchev–Trinajstić information content (AvgIpc) is 3.24. The van der Waals surface area contributed by atoms with Crippen molar-refractivity contribution in [3.63, 3.8) is 0 Å². The van der Waals surface area contributed by atoms with Crippen LogP contribution in [0.3, 0.4) is 0 Å². The maximum atomic E-state index is 12.4. The number of Topliss-reactive ketones (excluding diaryl/α,β-unsaturated/α-hetero) is 2. The van der Waals surface area contributed by atoms with Crippen LogP contribution in [0.5, 0.6) is 17.2 Å². The number of carbonyl (C=O) groups is 3. The zero-order valence-corrected chi connectivity index (χ0v) is 14.6. The number of benzene rings is 1. The lowest BCUT2D eigenvalue weighted by Crippen LogP contribution is -2.34. The van der Waals surface area contributed by atoms with Crippen LogP contribution in [0.1, 0.15) is 20.0 Å². The molecule has 2 heterocycles. The van der Waals surface area contributed by atoms with Gasteiger partial charge >= 0.3 is 0 Å². The second-order valence-corrected chi connectivity index (χ2v) is 6.11. The summed E-state index contributed by atoms with van der Waals surface area (Å²) in [5, 5.41) is 1.77. The lowest BCUT2D eigenvalue weighted by molar-refractivity contribution is -0.114. The first-order valence-electron chi connectivity index (χ1n) is 7.29. The van der Waals surface area contributed by atoms with Gasteiger partial charge in [0.1, 0.15) is 0 Å². The van der Waals surface area contributed by atoms with Gasteiger partial charge in [-0.3, -0.25) is 19.3 Å². The Morgan fingerprint density at radius 2 is 1.84 bits per heavy atom. The molecule has 3 rings (SSSR count). The minimum Gasteiger partial charge on any atom is -0.493 e. The van der Waals surface area contributed by atoms with E-state index in [1.54, 1.807) is 17.5 Å². The predicted molar refractivity (Wildman–Crippen MR) is 91.4 cm³/mol. The molecule has 130 valence electrons. The standard InChI is InChI=1S/C17H15NO6S/c1-22-11-7-9-13(16(24-3)15(11)23-2)14(20)17(21)18(9)8-10(19)12-5-4-6-25-12/h4-7H,8H2,1-3H3. The maximum Gasteiger partial charge on any atom is 0.300 e. The molecule has 0 atom stereocenters. The third-order valence-corrected chi connectivity index (χ3v) is 4.78. The van der Waals surface area contributed by atoms with Gasteiger partial charge in [-0.1, -0.05) is 6.07 Å². The van der Waals surface area contributed by atoms with Crippen molar-refractivity contribution in [3.05, 3.63) is 34.0 Å². The van der Waals surface area contributed by atoms with Crippen LogP contribution in [0.15, 0.2) is 23.6 Å². The fourth-order valence-corrected chi connectivity index (χ4v) is 3.39. The molecule has 8 heteroatoms. The highest BCUT2D eigenvalue weighted by atomic mass is 32.1. The van der Waals surface area contributed by atoms with Crippen molar-refractivity contribution in [2.75, 3.05) is 32.8 Å². The Morgan fingerprint density at radius 3 is 2.40 bits per heavy atom. The molecule has 0 saturated carbocycles. The van der Waals surface area contributed by atoms with Crippen LogP contribution in [0.2, 0.25) is 0 Å². The second kappa shape index (κ2) is 6.56. The van der Waals surface area contributed by atoms with Crippen LogP contribution in [-0.4, -0.2) is 45.3 Å². The van der Waals surface area contributed by atoms with E-state index < -0.39 is 11.7 Å². The number of hydrogen-bond donors (Lipinski definition) is 0. The summed E-state index contributed by atoms with van der Waals surface area (Å²) in [6.07, 6.45) is 0. The summed E-state index contributed by atoms with van der Waals surface area (Å²) < 4.78 is 15.8. The fraction of sp³-hybridized carbons (Fsp3) is 0.235. The number of rotatable bonds is 6. The van der Waals surface area contributed by atoms with Crippen LogP contribution in [0.25, 0.3) is 0 Å². The molecule has 1 aromatic carbocycles. The monoisotopic (exact) mass is 361 g/mol. The molecular formula is C17H15NO6S. The first-order valence-corrected chi connectivity index (χ1v) is 8.17. The molecule has 2 aromatic rings. The van der Waals surface area contributed by atoms with Crippen molar-refractivity contribution >= 4 is 34.5 Å². The van der Waals surface area contributed by atoms with E-state index in [9.17, 15) is 14.4 Å². The normalized spacial score (nSPS) is 13.0. The van der Waals surface area contributed by atoms with Crippen molar-refractivity contribution < 1.29 is 28.6 Å². The Morgan fingerprint density at radius 1 is 1.12 bits per heavy atom. The second-order valence-electron chi connectivity index (χ2n) is 5.16. The predicted octanol–water partition coefficient (Wildman–Crippen LogP) is 2.19. The molecule has 0 radical (unpaired) electrons. The number of hydrogen-bond acceptors (Lipinski definition) is 7. The summed E-state index contributed by atoms with van der Waals surface area (Å²) in [4.78, 5) is 38.9. The number of methoxy groups -OCH3 is 3. The Balaban J connectivity index is 2.09. The summed E-state index contributed by atoms with van der Waals surface area (Å²) >= 11 is 1.28. The molecule has 1 aromatic heterocycles. The molecule has 0 spiro atoms. The van der Waals surface area contributed by atoms with E-state index in [1.807, 2.05) is 0 Å². The molecule has 25 heavy (non-hydrogen) atoms. The highest BCUT2D eigenvalue weighted by Gasteiger charge is 2.42. The summed E-state index contributed by atoms with van der Waals surface area (Å²) in [7, 11) is 4.21. The molecule has 0 N–H and O–H groups in total. The summed E-state index contributed by atoms with van der Waals surface area (Å²) in [5.74, 6) is -1.15. The van der Waals surface area contributed by atoms with Gasteiger partial charge in [0.25, 0.3) is 11.7 Å². The third-order valence-electron chi connectivity index (χ3n) is 3.86. The Labute approximate surface area is 147 Å². The lowest BCUT2D eigenvalue weighted by Gasteiger charge is -2.18. The van der Waals surface area contributed by atoms with E-state index in [2.05, 4.69) is 0 Å². The molecule has 0 aliphatic carbocycles. The van der Waals surface area contributed by atoms with Gasteiger partial charge in [0.2, 0.25) is 5.75 Å². The first kappa shape index (κ1) is 17.0. The Kier molecular flexibility index (Phi) is 4.45. The van der Waals surface area contributed by atoms with Crippen molar-refractivity contribution in [1.82, 2.24) is 0 Å². The van der Waals surface area contributed by atoms with Crippen molar-refractivity contribution in [1.29, 1.82) is 0 Å². The number of ether oxygens (including phenoxy) is 3. The Hall–Kier alpha value is -2.87. The van der Waals surface area contributed by atoms with Gasteiger partial charge in [-0.25, -0.2) is 0 Å². The minimum atomic E-state index is -0.784. The number of thiophene rings is 1. The van der Waals surface area contributed by atoms with Crippen LogP contribution in [-0.2, 0) is 4.79 Å². The summed E-state index contributed by atoms with van der Waals surface area (Å²) in [6.45, 7) is -0.239. The minimum absolute atomic E-state index is 0.0733. The van der Waals surface area contributed by atoms with Crippen molar-refractivity contribution in [2.45, 2.75) is 0 Å². The molecule has 7 nitrogen and oxygen atoms in total. The molecule has 0 bridgehead atoms. The molecule has 1 amide bonds. The van der Waals surface area contributed by atoms with Gasteiger partial charge in [-0.05, 0) is 11.4 Å². The van der Waals surface area contributed by atoms with E-state index in [0.29, 0.717) is 10.6 Å². The zero-order valence-electron chi connectivity index (χ0n) is 13.8. The molecule has 0 fully saturated rings. The Bertz CT molecular complexity index is 859. The van der Waals surface area contributed by atoms with Gasteiger partial charge in [0.15, 0.2) is 17.3 Å². The fourth-order valence-electron chi connectivity index (χ4n) is 2.73. The third kappa shape index (κ3) is 2.64. The smallest absolute Gasteiger partial charge is 0.300 e. The van der Waals surface area contributed by atoms with Crippen LogP contribution in [0.4, 0.5) is 5.69 Å². The molecule has 0 saturated heterocycles. The van der Waals surface area contributed by atoms with Gasteiger partial charge < -0.3 is 14.2 Å². The number of anilines is 1. The summed E-state index contributed by atoms with van der Waals surface area (Å²) in [5.41, 5.74) is 0.346. The van der Waals surface area contributed by atoms with Crippen molar-refractivity contribution in [3.8, 4) is 17.2 Å². The van der Waals surface area contributed by atoms with Gasteiger partial charge in [0.05, 0.1) is 44.0 Å². The van der Waals surface area contributed by atoms with Gasteiger partial charge in [0, 0.05) is 6.07 Å². The first-order chi connectivity index (χ1) is 12.0. The number of carbonyl (C=O) groups excluding carboxylic acids is 3. The average molecular weight is 361 g/mol. The van der Waals surface area contributed by atoms with Crippen LogP contribution >= 0.6 is 11.3 Å². The van der Waals surface area contributed by atoms with E-state index in [4.69, 9.17) is 14.2 Å². The SMILES string of the molecule is COc1cc2c(c(OC)c1OC)C(=O)C(=O)N2CC(=O)c1cccs1. The molecular weight excluding hydrogens is 346 g/mol. The number of amides is 1. The van der Waals surface area contributed by atoms with Gasteiger partial charge in [-0.15, -0.1) is 11.3 Å². The summed E-state index contributed by atoms with van der Waals surface area (Å²) in [6, 6.07) is 4.92. The molecule has 1 aliphatic heterocycles. The van der Waals surface area contributed by atoms with Crippen LogP contribution < -0.4 is 19.1 Å². The molecule has 1 aliphatic rings. The van der Waals surface area contributed by atoms with Gasteiger partial charge in [-0.2, -0.15) is 0 Å². The number of nitrogens with zero attached hydrogens (tertiary/aromatic N) is 1. The van der Waals surface area contributed by atoms with E-state index in [0.717, 1.165) is 4.90 Å². The van der Waals surface area contributed by atoms with Crippen LogP contribution in [0, 0.1) is 0 Å². The molecule has 0 unspecified atom stereocenters. The zero-order chi connectivity index (χ0) is 18.1. The number of fused-ring (bicyclic) bond motifs is 1. The quantitative estimate of drug-likeness (QED) is 0.579. The number of ketones is 2. The lowest BCUT2D eigenvalue weighted by atomic mass is 10.1. The highest BCUT2D eigenvalue weighted by molar-refractivity contribution is 7.12. The topological polar surface area (TPSA) is 82.1 Å².